The molecule has 0 bridgehead atoms. The Balaban J connectivity index is 3.24. The first-order valence-electron chi connectivity index (χ1n) is 5.43. The van der Waals surface area contributed by atoms with E-state index in [1.165, 1.54) is 13.0 Å². The summed E-state index contributed by atoms with van der Waals surface area (Å²) in [5.74, 6) is -3.06. The van der Waals surface area contributed by atoms with Crippen LogP contribution in [-0.2, 0) is 4.79 Å². The molecular formula is C12H9ClF6O2. The topological polar surface area (TPSA) is 26.3 Å². The molecule has 0 aliphatic rings. The molecular weight excluding hydrogens is 326 g/mol. The molecule has 0 fully saturated rings. The second-order valence-electron chi connectivity index (χ2n) is 4.24. The lowest BCUT2D eigenvalue weighted by atomic mass is 10.1. The van der Waals surface area contributed by atoms with Crippen molar-refractivity contribution in [2.24, 2.45) is 0 Å². The number of carbonyl (C=O) groups excluding carboxylic acids is 1. The molecule has 0 unspecified atom stereocenters. The highest BCUT2D eigenvalue weighted by Gasteiger charge is 2.76. The fourth-order valence-corrected chi connectivity index (χ4v) is 1.44. The van der Waals surface area contributed by atoms with Crippen LogP contribution in [-0.4, -0.2) is 23.2 Å². The maximum atomic E-state index is 12.6. The number of alkyl halides is 7. The van der Waals surface area contributed by atoms with Crippen LogP contribution in [0.15, 0.2) is 18.2 Å². The highest BCUT2D eigenvalue weighted by molar-refractivity contribution is 6.35. The molecule has 1 aromatic rings. The number of hydrogen-bond donors (Lipinski definition) is 0. The van der Waals surface area contributed by atoms with Crippen molar-refractivity contribution in [1.82, 2.24) is 0 Å². The van der Waals surface area contributed by atoms with Crippen LogP contribution in [0.25, 0.3) is 0 Å². The number of rotatable bonds is 2. The minimum atomic E-state index is -6.05. The zero-order chi connectivity index (χ0) is 16.6. The Morgan fingerprint density at radius 3 is 1.95 bits per heavy atom. The summed E-state index contributed by atoms with van der Waals surface area (Å²) in [6.07, 6.45) is -12.1. The Morgan fingerprint density at radius 1 is 1.05 bits per heavy atom. The molecule has 2 nitrogen and oxygen atoms in total. The maximum absolute atomic E-state index is 12.6. The first kappa shape index (κ1) is 17.6. The lowest BCUT2D eigenvalue weighted by Gasteiger charge is -2.29. The smallest absolute Gasteiger partial charge is 0.424 e. The van der Waals surface area contributed by atoms with E-state index in [1.54, 1.807) is 13.0 Å². The van der Waals surface area contributed by atoms with Crippen LogP contribution in [0.2, 0.25) is 0 Å². The van der Waals surface area contributed by atoms with E-state index in [2.05, 4.69) is 16.3 Å². The SMILES string of the molecule is Cc1cccc(OC(=O)C(Cl)(C(F)(F)F)C(F)(F)F)c1C. The predicted molar refractivity (Wildman–Crippen MR) is 62.2 cm³/mol. The zero-order valence-electron chi connectivity index (χ0n) is 10.7. The number of aryl methyl sites for hydroxylation is 1. The van der Waals surface area contributed by atoms with Gasteiger partial charge in [-0.05, 0) is 31.0 Å². The zero-order valence-corrected chi connectivity index (χ0v) is 11.5. The van der Waals surface area contributed by atoms with Gasteiger partial charge >= 0.3 is 23.2 Å². The minimum Gasteiger partial charge on any atom is -0.424 e. The van der Waals surface area contributed by atoms with Crippen molar-refractivity contribution in [3.8, 4) is 5.75 Å². The van der Waals surface area contributed by atoms with Gasteiger partial charge in [0.1, 0.15) is 5.75 Å². The Hall–Kier alpha value is -1.44. The van der Waals surface area contributed by atoms with Crippen LogP contribution in [0.3, 0.4) is 0 Å². The van der Waals surface area contributed by atoms with Gasteiger partial charge in [0, 0.05) is 0 Å². The quantitative estimate of drug-likeness (QED) is 0.349. The highest BCUT2D eigenvalue weighted by atomic mass is 35.5. The normalized spacial score (nSPS) is 13.2. The second kappa shape index (κ2) is 5.40. The monoisotopic (exact) mass is 334 g/mol. The minimum absolute atomic E-state index is 0.231. The molecule has 1 rings (SSSR count). The lowest BCUT2D eigenvalue weighted by molar-refractivity contribution is -0.265. The molecule has 0 saturated carbocycles. The second-order valence-corrected chi connectivity index (χ2v) is 4.81. The van der Waals surface area contributed by atoms with Gasteiger partial charge in [0.05, 0.1) is 0 Å². The first-order chi connectivity index (χ1) is 9.32. The highest BCUT2D eigenvalue weighted by Crippen LogP contribution is 2.49. The van der Waals surface area contributed by atoms with E-state index in [9.17, 15) is 31.1 Å². The fourth-order valence-electron chi connectivity index (χ4n) is 1.40. The number of halogens is 7. The third kappa shape index (κ3) is 3.09. The van der Waals surface area contributed by atoms with Crippen LogP contribution >= 0.6 is 11.6 Å². The average molecular weight is 335 g/mol. The molecule has 0 N–H and O–H groups in total. The van der Waals surface area contributed by atoms with E-state index in [-0.39, 0.29) is 5.56 Å². The van der Waals surface area contributed by atoms with Crippen LogP contribution in [0.1, 0.15) is 11.1 Å². The van der Waals surface area contributed by atoms with Gasteiger partial charge in [-0.3, -0.25) is 0 Å². The predicted octanol–water partition coefficient (Wildman–Crippen LogP) is 4.31. The molecule has 0 aliphatic carbocycles. The molecule has 0 spiro atoms. The summed E-state index contributed by atoms with van der Waals surface area (Å²) in [5, 5.41) is 0. The third-order valence-corrected chi connectivity index (χ3v) is 3.40. The molecule has 0 aromatic heterocycles. The van der Waals surface area contributed by atoms with Crippen molar-refractivity contribution in [1.29, 1.82) is 0 Å². The molecule has 118 valence electrons. The molecule has 0 saturated heterocycles. The molecule has 1 aromatic carbocycles. The van der Waals surface area contributed by atoms with E-state index in [4.69, 9.17) is 0 Å². The van der Waals surface area contributed by atoms with Crippen LogP contribution in [0.5, 0.6) is 5.75 Å². The molecule has 21 heavy (non-hydrogen) atoms. The lowest BCUT2D eigenvalue weighted by Crippen LogP contribution is -2.59. The number of benzene rings is 1. The van der Waals surface area contributed by atoms with Crippen molar-refractivity contribution in [2.45, 2.75) is 31.1 Å². The largest absolute Gasteiger partial charge is 0.427 e. The Bertz CT molecular complexity index is 536. The van der Waals surface area contributed by atoms with Gasteiger partial charge in [-0.15, -0.1) is 0 Å². The number of ether oxygens (including phenoxy) is 1. The first-order valence-corrected chi connectivity index (χ1v) is 5.81. The van der Waals surface area contributed by atoms with E-state index in [0.717, 1.165) is 6.07 Å². The van der Waals surface area contributed by atoms with Gasteiger partial charge in [0.2, 0.25) is 0 Å². The van der Waals surface area contributed by atoms with Gasteiger partial charge in [0.25, 0.3) is 0 Å². The number of esters is 1. The third-order valence-electron chi connectivity index (χ3n) is 2.82. The van der Waals surface area contributed by atoms with Crippen molar-refractivity contribution in [3.63, 3.8) is 0 Å². The van der Waals surface area contributed by atoms with E-state index in [0.29, 0.717) is 5.56 Å². The van der Waals surface area contributed by atoms with E-state index < -0.39 is 28.9 Å². The van der Waals surface area contributed by atoms with Gasteiger partial charge in [-0.2, -0.15) is 26.3 Å². The molecule has 0 heterocycles. The van der Waals surface area contributed by atoms with Crippen molar-refractivity contribution < 1.29 is 35.9 Å². The summed E-state index contributed by atoms with van der Waals surface area (Å²) in [7, 11) is 0. The molecule has 0 amide bonds. The van der Waals surface area contributed by atoms with Gasteiger partial charge < -0.3 is 4.74 Å². The molecule has 9 heteroatoms. The Morgan fingerprint density at radius 2 is 1.52 bits per heavy atom. The van der Waals surface area contributed by atoms with E-state index >= 15 is 0 Å². The molecule has 0 radical (unpaired) electrons. The Labute approximate surface area is 120 Å². The van der Waals surface area contributed by atoms with Gasteiger partial charge in [-0.25, -0.2) is 4.79 Å². The molecule has 0 aliphatic heterocycles. The number of hydrogen-bond acceptors (Lipinski definition) is 2. The number of carbonyl (C=O) groups is 1. The molecule has 0 atom stereocenters. The van der Waals surface area contributed by atoms with Crippen molar-refractivity contribution in [3.05, 3.63) is 29.3 Å². The van der Waals surface area contributed by atoms with E-state index in [1.807, 2.05) is 0 Å². The average Bonchev–Trinajstić information content (AvgIpc) is 2.31. The van der Waals surface area contributed by atoms with Crippen LogP contribution in [0, 0.1) is 13.8 Å². The van der Waals surface area contributed by atoms with Gasteiger partial charge in [0.15, 0.2) is 0 Å². The summed E-state index contributed by atoms with van der Waals surface area (Å²) in [6, 6.07) is 3.94. The standard InChI is InChI=1S/C12H9ClF6O2/c1-6-4-3-5-8(7(6)2)21-9(20)10(13,11(14,15)16)12(17,18)19/h3-5H,1-2H3. The van der Waals surface area contributed by atoms with Crippen LogP contribution in [0.4, 0.5) is 26.3 Å². The van der Waals surface area contributed by atoms with Crippen molar-refractivity contribution in [2.75, 3.05) is 0 Å². The van der Waals surface area contributed by atoms with Crippen LogP contribution < -0.4 is 4.74 Å². The fraction of sp³-hybridized carbons (Fsp3) is 0.417. The van der Waals surface area contributed by atoms with Gasteiger partial charge in [-0.1, -0.05) is 23.7 Å². The summed E-state index contributed by atoms with van der Waals surface area (Å²) in [5.41, 5.74) is 0.758. The summed E-state index contributed by atoms with van der Waals surface area (Å²) in [6.45, 7) is 2.93. The summed E-state index contributed by atoms with van der Waals surface area (Å²) in [4.78, 5) is 6.28. The maximum Gasteiger partial charge on any atom is 0.427 e. The summed E-state index contributed by atoms with van der Waals surface area (Å²) < 4.78 is 79.7. The Kier molecular flexibility index (Phi) is 4.53. The van der Waals surface area contributed by atoms with Crippen molar-refractivity contribution >= 4 is 17.6 Å². The summed E-state index contributed by atoms with van der Waals surface area (Å²) >= 11 is 4.56.